The minimum absolute atomic E-state index is 0.132. The Kier molecular flexibility index (Phi) is 2.73. The zero-order valence-corrected chi connectivity index (χ0v) is 11.1. The maximum atomic E-state index is 13.2. The van der Waals surface area contributed by atoms with Crippen LogP contribution in [0.2, 0.25) is 0 Å². The largest absolute Gasteiger partial charge is 0.310 e. The van der Waals surface area contributed by atoms with Crippen LogP contribution < -0.4 is 5.32 Å². The van der Waals surface area contributed by atoms with E-state index in [1.165, 1.54) is 25.3 Å². The molecule has 0 aromatic heterocycles. The SMILES string of the molecule is Fc1cccc(CN[C@@H]2CC3CC2[C@@H]2CC=C[C@H]32)c1. The molecule has 0 heterocycles. The third-order valence-electron chi connectivity index (χ3n) is 5.46. The van der Waals surface area contributed by atoms with Crippen molar-refractivity contribution in [3.05, 3.63) is 47.8 Å². The zero-order chi connectivity index (χ0) is 12.8. The first kappa shape index (κ1) is 11.7. The van der Waals surface area contributed by atoms with Gasteiger partial charge in [0.2, 0.25) is 0 Å². The standard InChI is InChI=1S/C17H20FN/c18-13-4-1-3-11(7-13)10-19-17-9-12-8-16(17)15-6-2-5-14(12)15/h1-5,7,12,14-17,19H,6,8-10H2/t12?,14-,15-,16?,17-/m1/s1. The Morgan fingerprint density at radius 1 is 1.21 bits per heavy atom. The third kappa shape index (κ3) is 1.93. The van der Waals surface area contributed by atoms with Crippen molar-refractivity contribution in [2.24, 2.45) is 23.7 Å². The van der Waals surface area contributed by atoms with Gasteiger partial charge in [0.15, 0.2) is 0 Å². The fourth-order valence-corrected chi connectivity index (χ4v) is 4.69. The molecular formula is C17H20FN. The molecule has 0 radical (unpaired) electrons. The van der Waals surface area contributed by atoms with Crippen LogP contribution in [0.5, 0.6) is 0 Å². The van der Waals surface area contributed by atoms with Crippen LogP contribution in [0.3, 0.4) is 0 Å². The summed E-state index contributed by atoms with van der Waals surface area (Å²) in [6.45, 7) is 0.802. The topological polar surface area (TPSA) is 12.0 Å². The molecule has 3 aliphatic rings. The smallest absolute Gasteiger partial charge is 0.123 e. The highest BCUT2D eigenvalue weighted by Gasteiger charge is 2.52. The third-order valence-corrected chi connectivity index (χ3v) is 5.46. The van der Waals surface area contributed by atoms with Crippen molar-refractivity contribution in [3.8, 4) is 0 Å². The lowest BCUT2D eigenvalue weighted by Gasteiger charge is -2.32. The second-order valence-electron chi connectivity index (χ2n) is 6.42. The minimum Gasteiger partial charge on any atom is -0.310 e. The maximum Gasteiger partial charge on any atom is 0.123 e. The molecule has 0 spiro atoms. The highest BCUT2D eigenvalue weighted by atomic mass is 19.1. The fourth-order valence-electron chi connectivity index (χ4n) is 4.69. The number of nitrogens with one attached hydrogen (secondary N) is 1. The van der Waals surface area contributed by atoms with Crippen molar-refractivity contribution < 1.29 is 4.39 Å². The highest BCUT2D eigenvalue weighted by Crippen LogP contribution is 2.56. The summed E-state index contributed by atoms with van der Waals surface area (Å²) < 4.78 is 13.2. The van der Waals surface area contributed by atoms with Gasteiger partial charge in [-0.3, -0.25) is 0 Å². The maximum absolute atomic E-state index is 13.2. The average Bonchev–Trinajstić information content (AvgIpc) is 3.08. The molecule has 0 amide bonds. The van der Waals surface area contributed by atoms with Crippen LogP contribution in [0.4, 0.5) is 4.39 Å². The fraction of sp³-hybridized carbons (Fsp3) is 0.529. The molecule has 2 heteroatoms. The predicted octanol–water partition coefficient (Wildman–Crippen LogP) is 3.52. The predicted molar refractivity (Wildman–Crippen MR) is 74.0 cm³/mol. The van der Waals surface area contributed by atoms with Gasteiger partial charge < -0.3 is 5.32 Å². The number of allylic oxidation sites excluding steroid dienone is 2. The van der Waals surface area contributed by atoms with Crippen LogP contribution in [0.25, 0.3) is 0 Å². The van der Waals surface area contributed by atoms with E-state index in [0.717, 1.165) is 35.8 Å². The number of benzene rings is 1. The van der Waals surface area contributed by atoms with E-state index in [9.17, 15) is 4.39 Å². The molecule has 1 aromatic rings. The van der Waals surface area contributed by atoms with Gasteiger partial charge in [-0.25, -0.2) is 4.39 Å². The van der Waals surface area contributed by atoms with Crippen molar-refractivity contribution >= 4 is 0 Å². The summed E-state index contributed by atoms with van der Waals surface area (Å²) in [6.07, 6.45) is 8.83. The summed E-state index contributed by atoms with van der Waals surface area (Å²) in [4.78, 5) is 0. The van der Waals surface area contributed by atoms with Crippen molar-refractivity contribution in [1.29, 1.82) is 0 Å². The van der Waals surface area contributed by atoms with Crippen molar-refractivity contribution in [2.45, 2.75) is 31.8 Å². The number of hydrogen-bond donors (Lipinski definition) is 1. The molecule has 2 bridgehead atoms. The van der Waals surface area contributed by atoms with Gasteiger partial charge in [0, 0.05) is 12.6 Å². The first-order valence-electron chi connectivity index (χ1n) is 7.46. The Bertz CT molecular complexity index is 510. The quantitative estimate of drug-likeness (QED) is 0.817. The van der Waals surface area contributed by atoms with Gasteiger partial charge in [-0.1, -0.05) is 24.3 Å². The van der Waals surface area contributed by atoms with Gasteiger partial charge in [-0.05, 0) is 60.6 Å². The molecule has 19 heavy (non-hydrogen) atoms. The molecule has 100 valence electrons. The lowest BCUT2D eigenvalue weighted by Crippen LogP contribution is -2.39. The first-order chi connectivity index (χ1) is 9.31. The Morgan fingerprint density at radius 3 is 3.05 bits per heavy atom. The molecule has 4 rings (SSSR count). The van der Waals surface area contributed by atoms with Gasteiger partial charge in [0.25, 0.3) is 0 Å². The summed E-state index contributed by atoms with van der Waals surface area (Å²) in [6, 6.07) is 7.60. The van der Waals surface area contributed by atoms with Gasteiger partial charge in [0.05, 0.1) is 0 Å². The van der Waals surface area contributed by atoms with Crippen LogP contribution >= 0.6 is 0 Å². The zero-order valence-electron chi connectivity index (χ0n) is 11.1. The molecule has 1 nitrogen and oxygen atoms in total. The van der Waals surface area contributed by atoms with Crippen LogP contribution in [-0.4, -0.2) is 6.04 Å². The Morgan fingerprint density at radius 2 is 2.16 bits per heavy atom. The van der Waals surface area contributed by atoms with E-state index < -0.39 is 0 Å². The molecule has 2 saturated carbocycles. The van der Waals surface area contributed by atoms with E-state index in [0.29, 0.717) is 6.04 Å². The van der Waals surface area contributed by atoms with E-state index in [2.05, 4.69) is 17.5 Å². The molecule has 1 N–H and O–H groups in total. The van der Waals surface area contributed by atoms with Crippen LogP contribution in [0.15, 0.2) is 36.4 Å². The Labute approximate surface area is 113 Å². The van der Waals surface area contributed by atoms with Gasteiger partial charge >= 0.3 is 0 Å². The number of rotatable bonds is 3. The highest BCUT2D eigenvalue weighted by molar-refractivity contribution is 5.18. The van der Waals surface area contributed by atoms with Crippen LogP contribution in [0.1, 0.15) is 24.8 Å². The molecular weight excluding hydrogens is 237 g/mol. The lowest BCUT2D eigenvalue weighted by molar-refractivity contribution is 0.225. The first-order valence-corrected chi connectivity index (χ1v) is 7.46. The van der Waals surface area contributed by atoms with Gasteiger partial charge in [0.1, 0.15) is 5.82 Å². The normalized spacial score (nSPS) is 38.9. The molecule has 2 unspecified atom stereocenters. The van der Waals surface area contributed by atoms with E-state index in [-0.39, 0.29) is 5.82 Å². The van der Waals surface area contributed by atoms with Crippen LogP contribution in [-0.2, 0) is 6.54 Å². The van der Waals surface area contributed by atoms with Crippen molar-refractivity contribution in [2.75, 3.05) is 0 Å². The lowest BCUT2D eigenvalue weighted by atomic mass is 9.79. The molecule has 2 fully saturated rings. The van der Waals surface area contributed by atoms with E-state index in [4.69, 9.17) is 0 Å². The summed E-state index contributed by atoms with van der Waals surface area (Å²) in [7, 11) is 0. The summed E-state index contributed by atoms with van der Waals surface area (Å²) in [5.74, 6) is 3.38. The van der Waals surface area contributed by atoms with Gasteiger partial charge in [-0.2, -0.15) is 0 Å². The summed E-state index contributed by atoms with van der Waals surface area (Å²) in [5, 5.41) is 3.67. The summed E-state index contributed by atoms with van der Waals surface area (Å²) >= 11 is 0. The molecule has 1 aromatic carbocycles. The molecule has 0 aliphatic heterocycles. The van der Waals surface area contributed by atoms with Crippen molar-refractivity contribution in [3.63, 3.8) is 0 Å². The summed E-state index contributed by atoms with van der Waals surface area (Å²) in [5.41, 5.74) is 1.06. The minimum atomic E-state index is -0.132. The van der Waals surface area contributed by atoms with Crippen molar-refractivity contribution in [1.82, 2.24) is 5.32 Å². The second kappa shape index (κ2) is 4.45. The number of fused-ring (bicyclic) bond motifs is 5. The number of hydrogen-bond acceptors (Lipinski definition) is 1. The average molecular weight is 257 g/mol. The second-order valence-corrected chi connectivity index (χ2v) is 6.42. The Balaban J connectivity index is 1.40. The van der Waals surface area contributed by atoms with E-state index in [1.54, 1.807) is 12.1 Å². The van der Waals surface area contributed by atoms with E-state index in [1.807, 2.05) is 6.07 Å². The molecule has 3 aliphatic carbocycles. The number of halogens is 1. The monoisotopic (exact) mass is 257 g/mol. The van der Waals surface area contributed by atoms with Crippen LogP contribution in [0, 0.1) is 29.5 Å². The molecule has 0 saturated heterocycles. The van der Waals surface area contributed by atoms with E-state index >= 15 is 0 Å². The Hall–Kier alpha value is -1.15. The molecule has 5 atom stereocenters. The van der Waals surface area contributed by atoms with Gasteiger partial charge in [-0.15, -0.1) is 0 Å².